The summed E-state index contributed by atoms with van der Waals surface area (Å²) < 4.78 is 29.1. The highest BCUT2D eigenvalue weighted by Gasteiger charge is 2.19. The van der Waals surface area contributed by atoms with Crippen LogP contribution in [0.1, 0.15) is 23.1 Å². The third-order valence-corrected chi connectivity index (χ3v) is 5.52. The third kappa shape index (κ3) is 3.81. The van der Waals surface area contributed by atoms with E-state index in [1.54, 1.807) is 6.07 Å². The van der Waals surface area contributed by atoms with Crippen LogP contribution in [0, 0.1) is 18.6 Å². The first kappa shape index (κ1) is 17.4. The van der Waals surface area contributed by atoms with Gasteiger partial charge in [-0.05, 0) is 48.7 Å². The number of rotatable bonds is 4. The van der Waals surface area contributed by atoms with Crippen LogP contribution in [-0.4, -0.2) is 18.9 Å². The Hall–Kier alpha value is -1.40. The average molecular weight is 411 g/mol. The molecule has 0 unspecified atom stereocenters. The number of hydrogen-bond acceptors (Lipinski definition) is 3. The first-order chi connectivity index (χ1) is 11.6. The molecule has 1 N–H and O–H groups in total. The summed E-state index contributed by atoms with van der Waals surface area (Å²) >= 11 is 4.75. The molecule has 2 aromatic rings. The van der Waals surface area contributed by atoms with Crippen molar-refractivity contribution in [3.63, 3.8) is 0 Å². The molecule has 0 aliphatic carbocycles. The van der Waals surface area contributed by atoms with E-state index in [0.717, 1.165) is 34.6 Å². The Morgan fingerprint density at radius 3 is 2.83 bits per heavy atom. The van der Waals surface area contributed by atoms with Gasteiger partial charge in [0.25, 0.3) is 0 Å². The van der Waals surface area contributed by atoms with Gasteiger partial charge in [0, 0.05) is 28.9 Å². The minimum atomic E-state index is -0.830. The topological polar surface area (TPSA) is 24.4 Å². The van der Waals surface area contributed by atoms with Crippen LogP contribution in [-0.2, 0) is 5.75 Å². The van der Waals surface area contributed by atoms with E-state index in [1.807, 2.05) is 25.1 Å². The zero-order chi connectivity index (χ0) is 17.1. The van der Waals surface area contributed by atoms with Gasteiger partial charge in [-0.2, -0.15) is 0 Å². The standard InChI is InChI=1S/C18H17BrF2N2S/c1-11-3-4-13(19)9-12(11)10-24-17-14(5-6-15(20)16(17)21)18-22-7-2-8-23-18/h3-6,9H,2,7-8,10H2,1H3,(H,22,23). The van der Waals surface area contributed by atoms with Crippen molar-refractivity contribution in [3.8, 4) is 0 Å². The van der Waals surface area contributed by atoms with Crippen molar-refractivity contribution < 1.29 is 8.78 Å². The minimum absolute atomic E-state index is 0.308. The van der Waals surface area contributed by atoms with Crippen molar-refractivity contribution in [1.29, 1.82) is 0 Å². The molecule has 0 saturated carbocycles. The average Bonchev–Trinajstić information content (AvgIpc) is 2.59. The van der Waals surface area contributed by atoms with E-state index < -0.39 is 11.6 Å². The molecule has 0 fully saturated rings. The van der Waals surface area contributed by atoms with Crippen molar-refractivity contribution in [1.82, 2.24) is 5.32 Å². The fraction of sp³-hybridized carbons (Fsp3) is 0.278. The van der Waals surface area contributed by atoms with Crippen molar-refractivity contribution in [3.05, 3.63) is 63.1 Å². The summed E-state index contributed by atoms with van der Waals surface area (Å²) in [5.74, 6) is -0.427. The van der Waals surface area contributed by atoms with Gasteiger partial charge in [-0.1, -0.05) is 22.0 Å². The van der Waals surface area contributed by atoms with Crippen molar-refractivity contribution in [2.45, 2.75) is 24.0 Å². The number of amidine groups is 1. The molecule has 24 heavy (non-hydrogen) atoms. The highest BCUT2D eigenvalue weighted by molar-refractivity contribution is 9.10. The molecule has 126 valence electrons. The summed E-state index contributed by atoms with van der Waals surface area (Å²) in [7, 11) is 0. The second-order valence-corrected chi connectivity index (χ2v) is 7.51. The van der Waals surface area contributed by atoms with E-state index in [2.05, 4.69) is 26.2 Å². The summed E-state index contributed by atoms with van der Waals surface area (Å²) in [6.07, 6.45) is 0.951. The molecule has 6 heteroatoms. The van der Waals surface area contributed by atoms with Crippen molar-refractivity contribution in [2.75, 3.05) is 13.1 Å². The normalized spacial score (nSPS) is 14.2. The van der Waals surface area contributed by atoms with E-state index in [0.29, 0.717) is 28.6 Å². The van der Waals surface area contributed by atoms with Gasteiger partial charge in [-0.15, -0.1) is 11.8 Å². The van der Waals surface area contributed by atoms with Gasteiger partial charge in [0.05, 0.1) is 4.90 Å². The predicted molar refractivity (Wildman–Crippen MR) is 98.8 cm³/mol. The Bertz CT molecular complexity index is 793. The Kier molecular flexibility index (Phi) is 5.56. The first-order valence-electron chi connectivity index (χ1n) is 7.71. The summed E-state index contributed by atoms with van der Waals surface area (Å²) in [5, 5.41) is 3.18. The SMILES string of the molecule is Cc1ccc(Br)cc1CSc1c(C2=NCCCN2)ccc(F)c1F. The lowest BCUT2D eigenvalue weighted by Gasteiger charge is -2.18. The summed E-state index contributed by atoms with van der Waals surface area (Å²) in [4.78, 5) is 4.72. The number of aliphatic imine (C=N–C) groups is 1. The summed E-state index contributed by atoms with van der Waals surface area (Å²) in [6, 6.07) is 8.76. The zero-order valence-electron chi connectivity index (χ0n) is 13.2. The number of thioether (sulfide) groups is 1. The number of halogens is 3. The monoisotopic (exact) mass is 410 g/mol. The Morgan fingerprint density at radius 1 is 1.25 bits per heavy atom. The van der Waals surface area contributed by atoms with Crippen LogP contribution in [0.15, 0.2) is 44.7 Å². The van der Waals surface area contributed by atoms with E-state index in [4.69, 9.17) is 0 Å². The maximum absolute atomic E-state index is 14.4. The molecule has 0 radical (unpaired) electrons. The van der Waals surface area contributed by atoms with Crippen LogP contribution in [0.25, 0.3) is 0 Å². The first-order valence-corrected chi connectivity index (χ1v) is 9.48. The maximum Gasteiger partial charge on any atom is 0.173 e. The number of hydrogen-bond donors (Lipinski definition) is 1. The smallest absolute Gasteiger partial charge is 0.173 e. The molecule has 0 saturated heterocycles. The van der Waals surface area contributed by atoms with Gasteiger partial charge in [-0.25, -0.2) is 8.78 Å². The number of benzene rings is 2. The van der Waals surface area contributed by atoms with Crippen molar-refractivity contribution >= 4 is 33.5 Å². The molecule has 3 rings (SSSR count). The molecule has 0 atom stereocenters. The Balaban J connectivity index is 1.92. The van der Waals surface area contributed by atoms with Gasteiger partial charge < -0.3 is 5.32 Å². The Morgan fingerprint density at radius 2 is 2.08 bits per heavy atom. The molecule has 2 aromatic carbocycles. The van der Waals surface area contributed by atoms with Gasteiger partial charge in [0.1, 0.15) is 5.84 Å². The van der Waals surface area contributed by atoms with Gasteiger partial charge in [-0.3, -0.25) is 4.99 Å². The van der Waals surface area contributed by atoms with Crippen LogP contribution < -0.4 is 5.32 Å². The molecule has 2 nitrogen and oxygen atoms in total. The van der Waals surface area contributed by atoms with Crippen LogP contribution in [0.2, 0.25) is 0 Å². The largest absolute Gasteiger partial charge is 0.370 e. The lowest BCUT2D eigenvalue weighted by molar-refractivity contribution is 0.491. The molecule has 0 amide bonds. The molecule has 1 heterocycles. The van der Waals surface area contributed by atoms with Crippen LogP contribution in [0.3, 0.4) is 0 Å². The molecular weight excluding hydrogens is 394 g/mol. The number of aryl methyl sites for hydroxylation is 1. The number of nitrogens with zero attached hydrogens (tertiary/aromatic N) is 1. The zero-order valence-corrected chi connectivity index (χ0v) is 15.6. The van der Waals surface area contributed by atoms with Gasteiger partial charge >= 0.3 is 0 Å². The lowest BCUT2D eigenvalue weighted by atomic mass is 10.1. The third-order valence-electron chi connectivity index (χ3n) is 3.89. The Labute approximate surface area is 152 Å². The fourth-order valence-electron chi connectivity index (χ4n) is 2.52. The highest BCUT2D eigenvalue weighted by atomic mass is 79.9. The van der Waals surface area contributed by atoms with E-state index >= 15 is 0 Å². The molecular formula is C18H17BrF2N2S. The second-order valence-electron chi connectivity index (χ2n) is 5.61. The van der Waals surface area contributed by atoms with Crippen LogP contribution in [0.4, 0.5) is 8.78 Å². The molecule has 0 spiro atoms. The molecule has 1 aliphatic rings. The second kappa shape index (κ2) is 7.66. The van der Waals surface area contributed by atoms with Crippen molar-refractivity contribution in [2.24, 2.45) is 4.99 Å². The summed E-state index contributed by atoms with van der Waals surface area (Å²) in [5.41, 5.74) is 2.84. The molecule has 1 aliphatic heterocycles. The minimum Gasteiger partial charge on any atom is -0.370 e. The quantitative estimate of drug-likeness (QED) is 0.711. The molecule has 0 bridgehead atoms. The van der Waals surface area contributed by atoms with E-state index in [-0.39, 0.29) is 0 Å². The van der Waals surface area contributed by atoms with E-state index in [9.17, 15) is 8.78 Å². The van der Waals surface area contributed by atoms with Crippen LogP contribution >= 0.6 is 27.7 Å². The van der Waals surface area contributed by atoms with Crippen LogP contribution in [0.5, 0.6) is 0 Å². The van der Waals surface area contributed by atoms with Gasteiger partial charge in [0.15, 0.2) is 11.6 Å². The predicted octanol–water partition coefficient (Wildman–Crippen LogP) is 5.07. The van der Waals surface area contributed by atoms with E-state index in [1.165, 1.54) is 11.8 Å². The summed E-state index contributed by atoms with van der Waals surface area (Å²) in [6.45, 7) is 3.51. The molecule has 0 aromatic heterocycles. The fourth-order valence-corrected chi connectivity index (χ4v) is 4.08. The maximum atomic E-state index is 14.4. The highest BCUT2D eigenvalue weighted by Crippen LogP contribution is 2.32. The number of nitrogens with one attached hydrogen (secondary N) is 1. The lowest BCUT2D eigenvalue weighted by Crippen LogP contribution is -2.30. The van der Waals surface area contributed by atoms with Gasteiger partial charge in [0.2, 0.25) is 0 Å².